The molecule has 0 fully saturated rings. The number of ether oxygens (including phenoxy) is 1. The van der Waals surface area contributed by atoms with E-state index in [4.69, 9.17) is 9.15 Å². The Labute approximate surface area is 204 Å². The van der Waals surface area contributed by atoms with Crippen LogP contribution >= 0.6 is 0 Å². The van der Waals surface area contributed by atoms with Crippen LogP contribution in [0.25, 0.3) is 22.2 Å². The summed E-state index contributed by atoms with van der Waals surface area (Å²) in [6.07, 6.45) is 0. The minimum atomic E-state index is 0.234. The first-order chi connectivity index (χ1) is 17.1. The second-order valence-electron chi connectivity index (χ2n) is 8.66. The van der Waals surface area contributed by atoms with Crippen LogP contribution in [0.4, 0.5) is 5.88 Å². The van der Waals surface area contributed by atoms with Crippen molar-refractivity contribution in [2.24, 2.45) is 0 Å². The van der Waals surface area contributed by atoms with E-state index >= 15 is 0 Å². The van der Waals surface area contributed by atoms with E-state index < -0.39 is 0 Å². The van der Waals surface area contributed by atoms with Gasteiger partial charge >= 0.3 is 0 Å². The van der Waals surface area contributed by atoms with Gasteiger partial charge in [0.25, 0.3) is 0 Å². The van der Waals surface area contributed by atoms with Gasteiger partial charge in [-0.15, -0.1) is 0 Å². The average Bonchev–Trinajstić information content (AvgIpc) is 3.31. The number of aromatic nitrogens is 1. The molecule has 0 bridgehead atoms. The number of hydrogen-bond donors (Lipinski definition) is 1. The Morgan fingerprint density at radius 1 is 0.886 bits per heavy atom. The minimum absolute atomic E-state index is 0.234. The second kappa shape index (κ2) is 9.74. The highest BCUT2D eigenvalue weighted by atomic mass is 16.5. The van der Waals surface area contributed by atoms with Crippen LogP contribution in [-0.4, -0.2) is 4.98 Å². The maximum absolute atomic E-state index is 9.58. The molecule has 0 aliphatic rings. The molecular weight excluding hydrogens is 434 g/mol. The first kappa shape index (κ1) is 22.2. The van der Waals surface area contributed by atoms with Gasteiger partial charge < -0.3 is 14.5 Å². The van der Waals surface area contributed by atoms with Crippen molar-refractivity contribution in [2.45, 2.75) is 26.3 Å². The molecular formula is C30H25N3O2. The molecule has 5 nitrogen and oxygen atoms in total. The van der Waals surface area contributed by atoms with Crippen molar-refractivity contribution in [1.29, 1.82) is 5.26 Å². The first-order valence-corrected chi connectivity index (χ1v) is 11.6. The number of oxazole rings is 1. The molecule has 1 aromatic heterocycles. The van der Waals surface area contributed by atoms with E-state index in [1.54, 1.807) is 0 Å². The van der Waals surface area contributed by atoms with Crippen LogP contribution in [0.15, 0.2) is 95.4 Å². The molecule has 1 N–H and O–H groups in total. The molecule has 172 valence electrons. The molecule has 0 saturated heterocycles. The predicted octanol–water partition coefficient (Wildman–Crippen LogP) is 7.89. The van der Waals surface area contributed by atoms with Crippen LogP contribution in [0, 0.1) is 11.3 Å². The fourth-order valence-corrected chi connectivity index (χ4v) is 3.96. The topological polar surface area (TPSA) is 71.1 Å². The quantitative estimate of drug-likeness (QED) is 0.268. The number of nitriles is 1. The Kier molecular flexibility index (Phi) is 6.19. The average molecular weight is 460 g/mol. The van der Waals surface area contributed by atoms with E-state index in [9.17, 15) is 5.26 Å². The summed E-state index contributed by atoms with van der Waals surface area (Å²) in [7, 11) is 0. The molecule has 0 aliphatic heterocycles. The summed E-state index contributed by atoms with van der Waals surface area (Å²) >= 11 is 0. The van der Waals surface area contributed by atoms with Crippen LogP contribution in [-0.2, 0) is 6.54 Å². The van der Waals surface area contributed by atoms with E-state index in [-0.39, 0.29) is 5.69 Å². The Hall–Kier alpha value is -4.56. The molecule has 4 aromatic carbocycles. The lowest BCUT2D eigenvalue weighted by molar-refractivity contribution is 0.482. The third-order valence-corrected chi connectivity index (χ3v) is 5.91. The third-order valence-electron chi connectivity index (χ3n) is 5.91. The van der Waals surface area contributed by atoms with E-state index in [1.165, 1.54) is 5.56 Å². The molecule has 0 amide bonds. The van der Waals surface area contributed by atoms with E-state index in [2.05, 4.69) is 42.4 Å². The standard InChI is InChI=1S/C30H25N3O2/c1-20(2)22-12-16-25(17-13-22)34-24-14-10-21(11-15-24)19-32-30-28(18-31)33-29(35-30)27-9-5-7-23-6-3-4-8-26(23)27/h3-17,20,32H,19H2,1-2H3. The Balaban J connectivity index is 1.28. The summed E-state index contributed by atoms with van der Waals surface area (Å²) in [6.45, 7) is 4.83. The summed E-state index contributed by atoms with van der Waals surface area (Å²) in [5.41, 5.74) is 3.40. The number of benzene rings is 4. The van der Waals surface area contributed by atoms with E-state index in [1.807, 2.05) is 78.9 Å². The number of fused-ring (bicyclic) bond motifs is 1. The Morgan fingerprint density at radius 3 is 2.29 bits per heavy atom. The van der Waals surface area contributed by atoms with Gasteiger partial charge in [-0.2, -0.15) is 10.2 Å². The van der Waals surface area contributed by atoms with Crippen LogP contribution in [0.5, 0.6) is 11.5 Å². The van der Waals surface area contributed by atoms with Crippen LogP contribution in [0.2, 0.25) is 0 Å². The maximum Gasteiger partial charge on any atom is 0.232 e. The van der Waals surface area contributed by atoms with E-state index in [0.29, 0.717) is 24.2 Å². The molecule has 5 aromatic rings. The van der Waals surface area contributed by atoms with Gasteiger partial charge in [-0.1, -0.05) is 74.5 Å². The third kappa shape index (κ3) is 4.87. The van der Waals surface area contributed by atoms with E-state index in [0.717, 1.165) is 33.4 Å². The van der Waals surface area contributed by atoms with Gasteiger partial charge in [-0.3, -0.25) is 0 Å². The van der Waals surface area contributed by atoms with Gasteiger partial charge in [-0.05, 0) is 58.1 Å². The maximum atomic E-state index is 9.58. The number of anilines is 1. The summed E-state index contributed by atoms with van der Waals surface area (Å²) in [4.78, 5) is 4.43. The first-order valence-electron chi connectivity index (χ1n) is 11.6. The van der Waals surface area contributed by atoms with Gasteiger partial charge in [0.1, 0.15) is 17.6 Å². The van der Waals surface area contributed by atoms with Crippen LogP contribution in [0.3, 0.4) is 0 Å². The summed E-state index contributed by atoms with van der Waals surface area (Å²) in [5.74, 6) is 2.85. The highest BCUT2D eigenvalue weighted by molar-refractivity contribution is 5.94. The number of hydrogen-bond acceptors (Lipinski definition) is 5. The fourth-order valence-electron chi connectivity index (χ4n) is 3.96. The number of nitrogens with zero attached hydrogens (tertiary/aromatic N) is 2. The normalized spacial score (nSPS) is 10.9. The van der Waals surface area contributed by atoms with Crippen molar-refractivity contribution in [3.05, 3.63) is 108 Å². The van der Waals surface area contributed by atoms with Gasteiger partial charge in [0.15, 0.2) is 0 Å². The molecule has 0 saturated carbocycles. The molecule has 0 spiro atoms. The molecule has 35 heavy (non-hydrogen) atoms. The molecule has 5 rings (SSSR count). The second-order valence-corrected chi connectivity index (χ2v) is 8.66. The molecule has 1 heterocycles. The van der Waals surface area contributed by atoms with Crippen LogP contribution in [0.1, 0.15) is 36.6 Å². The van der Waals surface area contributed by atoms with Gasteiger partial charge in [0.05, 0.1) is 0 Å². The lowest BCUT2D eigenvalue weighted by Gasteiger charge is -2.09. The number of nitrogens with one attached hydrogen (secondary N) is 1. The van der Waals surface area contributed by atoms with Crippen molar-refractivity contribution < 1.29 is 9.15 Å². The van der Waals surface area contributed by atoms with Crippen molar-refractivity contribution >= 4 is 16.7 Å². The lowest BCUT2D eigenvalue weighted by Crippen LogP contribution is -1.99. The zero-order chi connectivity index (χ0) is 24.2. The summed E-state index contributed by atoms with van der Waals surface area (Å²) in [6, 6.07) is 32.1. The zero-order valence-electron chi connectivity index (χ0n) is 19.7. The smallest absolute Gasteiger partial charge is 0.232 e. The fraction of sp³-hybridized carbons (Fsp3) is 0.133. The van der Waals surface area contributed by atoms with Gasteiger partial charge in [0, 0.05) is 12.1 Å². The van der Waals surface area contributed by atoms with Crippen molar-refractivity contribution in [3.63, 3.8) is 0 Å². The van der Waals surface area contributed by atoms with Crippen molar-refractivity contribution in [3.8, 4) is 29.0 Å². The Morgan fingerprint density at radius 2 is 1.57 bits per heavy atom. The minimum Gasteiger partial charge on any atom is -0.457 e. The molecule has 0 atom stereocenters. The Bertz CT molecular complexity index is 1490. The molecule has 5 heteroatoms. The predicted molar refractivity (Wildman–Crippen MR) is 139 cm³/mol. The molecule has 0 radical (unpaired) electrons. The monoisotopic (exact) mass is 459 g/mol. The largest absolute Gasteiger partial charge is 0.457 e. The summed E-state index contributed by atoms with van der Waals surface area (Å²) < 4.78 is 11.9. The zero-order valence-corrected chi connectivity index (χ0v) is 19.7. The SMILES string of the molecule is CC(C)c1ccc(Oc2ccc(CNc3oc(-c4cccc5ccccc45)nc3C#N)cc2)cc1. The van der Waals surface area contributed by atoms with Crippen molar-refractivity contribution in [1.82, 2.24) is 4.98 Å². The molecule has 0 unspecified atom stereocenters. The van der Waals surface area contributed by atoms with Crippen molar-refractivity contribution in [2.75, 3.05) is 5.32 Å². The lowest BCUT2D eigenvalue weighted by atomic mass is 10.0. The highest BCUT2D eigenvalue weighted by Gasteiger charge is 2.16. The number of rotatable bonds is 7. The van der Waals surface area contributed by atoms with Gasteiger partial charge in [0.2, 0.25) is 17.5 Å². The summed E-state index contributed by atoms with van der Waals surface area (Å²) in [5, 5.41) is 14.9. The van der Waals surface area contributed by atoms with Crippen LogP contribution < -0.4 is 10.1 Å². The molecule has 0 aliphatic carbocycles. The van der Waals surface area contributed by atoms with Gasteiger partial charge in [-0.25, -0.2) is 0 Å². The highest BCUT2D eigenvalue weighted by Crippen LogP contribution is 2.31.